The van der Waals surface area contributed by atoms with E-state index in [1.165, 1.54) is 10.5 Å². The summed E-state index contributed by atoms with van der Waals surface area (Å²) < 4.78 is 0. The number of carbonyl (C=O) groups excluding carboxylic acids is 1. The first kappa shape index (κ1) is 11.4. The van der Waals surface area contributed by atoms with E-state index < -0.39 is 0 Å². The molecule has 0 fully saturated rings. The van der Waals surface area contributed by atoms with Crippen LogP contribution in [0, 0.1) is 6.92 Å². The molecule has 1 amide bonds. The van der Waals surface area contributed by atoms with Crippen LogP contribution in [0.15, 0.2) is 30.5 Å². The Morgan fingerprint density at radius 2 is 1.88 bits per heavy atom. The fourth-order valence-corrected chi connectivity index (χ4v) is 1.53. The minimum absolute atomic E-state index is 0.0733. The number of hydrogen-bond donors (Lipinski definition) is 1. The SMILES string of the molecule is Cc1ccc(-c2ncc(C(=O)N(C)C)[nH]2)cc1. The van der Waals surface area contributed by atoms with E-state index in [-0.39, 0.29) is 5.91 Å². The summed E-state index contributed by atoms with van der Waals surface area (Å²) in [6.07, 6.45) is 1.57. The quantitative estimate of drug-likeness (QED) is 0.857. The molecule has 0 aliphatic rings. The topological polar surface area (TPSA) is 49.0 Å². The van der Waals surface area contributed by atoms with Gasteiger partial charge in [0.15, 0.2) is 0 Å². The highest BCUT2D eigenvalue weighted by molar-refractivity contribution is 5.92. The first-order chi connectivity index (χ1) is 8.08. The molecule has 2 aromatic rings. The molecule has 0 aliphatic heterocycles. The van der Waals surface area contributed by atoms with Gasteiger partial charge >= 0.3 is 0 Å². The third-order valence-electron chi connectivity index (χ3n) is 2.54. The number of aromatic amines is 1. The summed E-state index contributed by atoms with van der Waals surface area (Å²) in [5.41, 5.74) is 2.68. The number of aromatic nitrogens is 2. The fourth-order valence-electron chi connectivity index (χ4n) is 1.53. The number of imidazole rings is 1. The van der Waals surface area contributed by atoms with Gasteiger partial charge in [0.1, 0.15) is 11.5 Å². The molecule has 0 atom stereocenters. The second kappa shape index (κ2) is 4.41. The van der Waals surface area contributed by atoms with Crippen LogP contribution >= 0.6 is 0 Å². The van der Waals surface area contributed by atoms with Crippen LogP contribution < -0.4 is 0 Å². The molecule has 0 radical (unpaired) electrons. The van der Waals surface area contributed by atoms with Gasteiger partial charge in [-0.25, -0.2) is 4.98 Å². The predicted octanol–water partition coefficient (Wildman–Crippen LogP) is 2.09. The summed E-state index contributed by atoms with van der Waals surface area (Å²) in [6.45, 7) is 2.03. The molecule has 0 saturated heterocycles. The molecular weight excluding hydrogens is 214 g/mol. The van der Waals surface area contributed by atoms with Crippen LogP contribution in [0.2, 0.25) is 0 Å². The monoisotopic (exact) mass is 229 g/mol. The molecule has 0 bridgehead atoms. The number of nitrogens with zero attached hydrogens (tertiary/aromatic N) is 2. The standard InChI is InChI=1S/C13H15N3O/c1-9-4-6-10(7-5-9)12-14-8-11(15-12)13(17)16(2)3/h4-8H,1-3H3,(H,14,15). The van der Waals surface area contributed by atoms with Crippen LogP contribution in [0.25, 0.3) is 11.4 Å². The van der Waals surface area contributed by atoms with E-state index in [0.29, 0.717) is 5.69 Å². The zero-order valence-electron chi connectivity index (χ0n) is 10.2. The maximum Gasteiger partial charge on any atom is 0.271 e. The Labute approximate surface area is 100 Å². The molecule has 2 rings (SSSR count). The summed E-state index contributed by atoms with van der Waals surface area (Å²) in [5, 5.41) is 0. The van der Waals surface area contributed by atoms with Gasteiger partial charge < -0.3 is 9.88 Å². The lowest BCUT2D eigenvalue weighted by Crippen LogP contribution is -2.21. The average molecular weight is 229 g/mol. The average Bonchev–Trinajstić information content (AvgIpc) is 2.78. The highest BCUT2D eigenvalue weighted by Crippen LogP contribution is 2.16. The number of nitrogens with one attached hydrogen (secondary N) is 1. The number of carbonyl (C=O) groups is 1. The number of amides is 1. The lowest BCUT2D eigenvalue weighted by molar-refractivity contribution is 0.0822. The van der Waals surface area contributed by atoms with Gasteiger partial charge in [-0.2, -0.15) is 0 Å². The Kier molecular flexibility index (Phi) is 2.95. The van der Waals surface area contributed by atoms with Crippen molar-refractivity contribution in [2.75, 3.05) is 14.1 Å². The van der Waals surface area contributed by atoms with Crippen molar-refractivity contribution in [1.29, 1.82) is 0 Å². The lowest BCUT2D eigenvalue weighted by atomic mass is 10.1. The lowest BCUT2D eigenvalue weighted by Gasteiger charge is -2.07. The van der Waals surface area contributed by atoms with Crippen molar-refractivity contribution in [3.05, 3.63) is 41.7 Å². The van der Waals surface area contributed by atoms with Gasteiger partial charge in [0, 0.05) is 19.7 Å². The molecule has 88 valence electrons. The molecule has 0 saturated carbocycles. The molecule has 1 aromatic carbocycles. The second-order valence-corrected chi connectivity index (χ2v) is 4.21. The minimum Gasteiger partial charge on any atom is -0.343 e. The van der Waals surface area contributed by atoms with E-state index in [1.807, 2.05) is 31.2 Å². The third-order valence-corrected chi connectivity index (χ3v) is 2.54. The van der Waals surface area contributed by atoms with Crippen molar-refractivity contribution in [2.24, 2.45) is 0 Å². The van der Waals surface area contributed by atoms with Crippen LogP contribution in [-0.2, 0) is 0 Å². The zero-order valence-corrected chi connectivity index (χ0v) is 10.2. The van der Waals surface area contributed by atoms with E-state index in [2.05, 4.69) is 9.97 Å². The molecule has 1 heterocycles. The summed E-state index contributed by atoms with van der Waals surface area (Å²) >= 11 is 0. The first-order valence-corrected chi connectivity index (χ1v) is 5.41. The summed E-state index contributed by atoms with van der Waals surface area (Å²) in [7, 11) is 3.43. The molecule has 0 aliphatic carbocycles. The summed E-state index contributed by atoms with van der Waals surface area (Å²) in [5.74, 6) is 0.645. The largest absolute Gasteiger partial charge is 0.343 e. The Bertz CT molecular complexity index is 526. The molecule has 0 unspecified atom stereocenters. The number of rotatable bonds is 2. The smallest absolute Gasteiger partial charge is 0.271 e. The molecular formula is C13H15N3O. The number of aryl methyl sites for hydroxylation is 1. The Hall–Kier alpha value is -2.10. The van der Waals surface area contributed by atoms with Gasteiger partial charge in [-0.15, -0.1) is 0 Å². The van der Waals surface area contributed by atoms with Crippen LogP contribution in [0.3, 0.4) is 0 Å². The van der Waals surface area contributed by atoms with Gasteiger partial charge in [0.05, 0.1) is 6.20 Å². The third kappa shape index (κ3) is 2.36. The van der Waals surface area contributed by atoms with E-state index in [0.717, 1.165) is 11.4 Å². The fraction of sp³-hybridized carbons (Fsp3) is 0.231. The van der Waals surface area contributed by atoms with Crippen molar-refractivity contribution in [3.8, 4) is 11.4 Å². The highest BCUT2D eigenvalue weighted by atomic mass is 16.2. The van der Waals surface area contributed by atoms with Crippen LogP contribution in [-0.4, -0.2) is 34.9 Å². The molecule has 1 aromatic heterocycles. The molecule has 17 heavy (non-hydrogen) atoms. The number of benzene rings is 1. The van der Waals surface area contributed by atoms with Crippen LogP contribution in [0.5, 0.6) is 0 Å². The van der Waals surface area contributed by atoms with E-state index >= 15 is 0 Å². The van der Waals surface area contributed by atoms with Crippen molar-refractivity contribution in [2.45, 2.75) is 6.92 Å². The van der Waals surface area contributed by atoms with E-state index in [9.17, 15) is 4.79 Å². The molecule has 4 nitrogen and oxygen atoms in total. The minimum atomic E-state index is -0.0733. The van der Waals surface area contributed by atoms with Crippen molar-refractivity contribution in [3.63, 3.8) is 0 Å². The predicted molar refractivity (Wildman–Crippen MR) is 66.8 cm³/mol. The van der Waals surface area contributed by atoms with Crippen molar-refractivity contribution < 1.29 is 4.79 Å². The molecule has 0 spiro atoms. The number of hydrogen-bond acceptors (Lipinski definition) is 2. The van der Waals surface area contributed by atoms with Gasteiger partial charge in [-0.1, -0.05) is 29.8 Å². The summed E-state index contributed by atoms with van der Waals surface area (Å²) in [4.78, 5) is 20.5. The zero-order chi connectivity index (χ0) is 12.4. The Balaban J connectivity index is 2.30. The van der Waals surface area contributed by atoms with Crippen LogP contribution in [0.4, 0.5) is 0 Å². The summed E-state index contributed by atoms with van der Waals surface area (Å²) in [6, 6.07) is 8.01. The van der Waals surface area contributed by atoms with E-state index in [1.54, 1.807) is 20.3 Å². The maximum absolute atomic E-state index is 11.7. The van der Waals surface area contributed by atoms with Gasteiger partial charge in [-0.05, 0) is 6.92 Å². The van der Waals surface area contributed by atoms with Crippen molar-refractivity contribution >= 4 is 5.91 Å². The Morgan fingerprint density at radius 3 is 2.47 bits per heavy atom. The first-order valence-electron chi connectivity index (χ1n) is 5.41. The Morgan fingerprint density at radius 1 is 1.24 bits per heavy atom. The van der Waals surface area contributed by atoms with E-state index in [4.69, 9.17) is 0 Å². The molecule has 4 heteroatoms. The number of H-pyrrole nitrogens is 1. The van der Waals surface area contributed by atoms with Crippen LogP contribution in [0.1, 0.15) is 16.1 Å². The van der Waals surface area contributed by atoms with Gasteiger partial charge in [0.25, 0.3) is 5.91 Å². The van der Waals surface area contributed by atoms with Crippen molar-refractivity contribution in [1.82, 2.24) is 14.9 Å². The molecule has 1 N–H and O–H groups in total. The maximum atomic E-state index is 11.7. The second-order valence-electron chi connectivity index (χ2n) is 4.21. The van der Waals surface area contributed by atoms with Gasteiger partial charge in [-0.3, -0.25) is 4.79 Å². The highest BCUT2D eigenvalue weighted by Gasteiger charge is 2.11. The van der Waals surface area contributed by atoms with Gasteiger partial charge in [0.2, 0.25) is 0 Å². The normalized spacial score (nSPS) is 10.3.